The predicted octanol–water partition coefficient (Wildman–Crippen LogP) is 4.42. The average Bonchev–Trinajstić information content (AvgIpc) is 2.67. The molecule has 10 heteroatoms. The number of hydrogen-bond donors (Lipinski definition) is 3. The smallest absolute Gasteiger partial charge is 0.253 e. The number of anilines is 1. The highest BCUT2D eigenvalue weighted by Gasteiger charge is 2.35. The SMILES string of the molecule is COc1ccc(C(=O)N[C@@H](NC(=S)Nc2ccc(C)cc2)C(Cl)(Cl)Cl)cc1OC. The highest BCUT2D eigenvalue weighted by Crippen LogP contribution is 2.30. The summed E-state index contributed by atoms with van der Waals surface area (Å²) >= 11 is 23.3. The number of aryl methyl sites for hydroxylation is 1. The van der Waals surface area contributed by atoms with Gasteiger partial charge >= 0.3 is 0 Å². The van der Waals surface area contributed by atoms with Crippen molar-refractivity contribution in [2.24, 2.45) is 0 Å². The third-order valence-electron chi connectivity index (χ3n) is 3.83. The van der Waals surface area contributed by atoms with Gasteiger partial charge in [-0.1, -0.05) is 52.5 Å². The molecule has 0 aliphatic carbocycles. The zero-order valence-corrected chi connectivity index (χ0v) is 19.0. The molecule has 29 heavy (non-hydrogen) atoms. The molecule has 2 aromatic carbocycles. The van der Waals surface area contributed by atoms with E-state index in [1.807, 2.05) is 31.2 Å². The number of benzene rings is 2. The Labute approximate surface area is 189 Å². The average molecular weight is 477 g/mol. The van der Waals surface area contributed by atoms with Crippen molar-refractivity contribution in [3.63, 3.8) is 0 Å². The van der Waals surface area contributed by atoms with Crippen LogP contribution in [0.1, 0.15) is 15.9 Å². The number of alkyl halides is 3. The second-order valence-electron chi connectivity index (χ2n) is 5.98. The molecule has 0 spiro atoms. The van der Waals surface area contributed by atoms with Crippen LogP contribution in [0.15, 0.2) is 42.5 Å². The van der Waals surface area contributed by atoms with Gasteiger partial charge in [-0.15, -0.1) is 0 Å². The predicted molar refractivity (Wildman–Crippen MR) is 122 cm³/mol. The molecule has 0 bridgehead atoms. The van der Waals surface area contributed by atoms with Gasteiger partial charge in [-0.05, 0) is 49.5 Å². The number of amides is 1. The minimum atomic E-state index is -1.87. The maximum absolute atomic E-state index is 12.7. The fourth-order valence-corrected chi connectivity index (χ4v) is 2.89. The molecule has 0 radical (unpaired) electrons. The largest absolute Gasteiger partial charge is 0.493 e. The normalized spacial score (nSPS) is 11.9. The molecule has 1 amide bonds. The Morgan fingerprint density at radius 2 is 1.62 bits per heavy atom. The molecule has 6 nitrogen and oxygen atoms in total. The van der Waals surface area contributed by atoms with Gasteiger partial charge in [0.05, 0.1) is 14.2 Å². The van der Waals surface area contributed by atoms with E-state index in [1.54, 1.807) is 12.1 Å². The Balaban J connectivity index is 2.11. The van der Waals surface area contributed by atoms with Crippen LogP contribution in [0, 0.1) is 6.92 Å². The molecule has 0 aliphatic heterocycles. The van der Waals surface area contributed by atoms with Crippen molar-refractivity contribution in [2.45, 2.75) is 16.9 Å². The first-order chi connectivity index (χ1) is 13.6. The van der Waals surface area contributed by atoms with Crippen LogP contribution in [-0.4, -0.2) is 35.2 Å². The highest BCUT2D eigenvalue weighted by atomic mass is 35.6. The summed E-state index contributed by atoms with van der Waals surface area (Å²) < 4.78 is 8.50. The quantitative estimate of drug-likeness (QED) is 0.326. The third-order valence-corrected chi connectivity index (χ3v) is 4.71. The van der Waals surface area contributed by atoms with Gasteiger partial charge in [0.15, 0.2) is 16.6 Å². The number of ether oxygens (including phenoxy) is 2. The van der Waals surface area contributed by atoms with E-state index in [0.29, 0.717) is 17.1 Å². The lowest BCUT2D eigenvalue weighted by Gasteiger charge is -2.28. The van der Waals surface area contributed by atoms with Crippen LogP contribution in [0.2, 0.25) is 0 Å². The summed E-state index contributed by atoms with van der Waals surface area (Å²) in [5.41, 5.74) is 2.15. The lowest BCUT2D eigenvalue weighted by molar-refractivity contribution is 0.0934. The van der Waals surface area contributed by atoms with E-state index in [0.717, 1.165) is 11.3 Å². The number of rotatable bonds is 6. The van der Waals surface area contributed by atoms with Crippen LogP contribution >= 0.6 is 47.0 Å². The van der Waals surface area contributed by atoms with Crippen molar-refractivity contribution in [1.29, 1.82) is 0 Å². The van der Waals surface area contributed by atoms with Crippen molar-refractivity contribution in [1.82, 2.24) is 10.6 Å². The van der Waals surface area contributed by atoms with Crippen LogP contribution < -0.4 is 25.4 Å². The number of carbonyl (C=O) groups is 1. The second-order valence-corrected chi connectivity index (χ2v) is 8.76. The van der Waals surface area contributed by atoms with Gasteiger partial charge in [-0.2, -0.15) is 0 Å². The fraction of sp³-hybridized carbons (Fsp3) is 0.263. The van der Waals surface area contributed by atoms with Crippen LogP contribution in [0.3, 0.4) is 0 Å². The summed E-state index contributed by atoms with van der Waals surface area (Å²) in [4.78, 5) is 12.7. The molecule has 3 N–H and O–H groups in total. The molecular formula is C19H20Cl3N3O3S. The van der Waals surface area contributed by atoms with Gasteiger partial charge in [0, 0.05) is 11.3 Å². The molecular weight excluding hydrogens is 457 g/mol. The molecule has 0 heterocycles. The summed E-state index contributed by atoms with van der Waals surface area (Å²) in [5, 5.41) is 8.58. The zero-order valence-electron chi connectivity index (χ0n) is 15.9. The molecule has 0 saturated heterocycles. The number of hydrogen-bond acceptors (Lipinski definition) is 4. The first kappa shape index (κ1) is 23.3. The van der Waals surface area contributed by atoms with Gasteiger partial charge in [0.1, 0.15) is 6.17 Å². The van der Waals surface area contributed by atoms with Crippen LogP contribution in [0.5, 0.6) is 11.5 Å². The maximum atomic E-state index is 12.7. The molecule has 0 unspecified atom stereocenters. The summed E-state index contributed by atoms with van der Waals surface area (Å²) in [6.45, 7) is 1.98. The van der Waals surface area contributed by atoms with Crippen molar-refractivity contribution >= 4 is 63.7 Å². The van der Waals surface area contributed by atoms with Gasteiger partial charge in [-0.3, -0.25) is 4.79 Å². The summed E-state index contributed by atoms with van der Waals surface area (Å²) in [6, 6.07) is 12.3. The minimum absolute atomic E-state index is 0.179. The van der Waals surface area contributed by atoms with Crippen LogP contribution in [0.4, 0.5) is 5.69 Å². The van der Waals surface area contributed by atoms with Crippen LogP contribution in [0.25, 0.3) is 0 Å². The lowest BCUT2D eigenvalue weighted by Crippen LogP contribution is -2.56. The maximum Gasteiger partial charge on any atom is 0.253 e. The Morgan fingerprint density at radius 3 is 2.17 bits per heavy atom. The monoisotopic (exact) mass is 475 g/mol. The number of carbonyl (C=O) groups excluding carboxylic acids is 1. The van der Waals surface area contributed by atoms with E-state index < -0.39 is 15.9 Å². The molecule has 0 fully saturated rings. The van der Waals surface area contributed by atoms with Gasteiger partial charge in [-0.25, -0.2) is 0 Å². The molecule has 1 atom stereocenters. The number of nitrogens with one attached hydrogen (secondary N) is 3. The molecule has 2 rings (SSSR count). The summed E-state index contributed by atoms with van der Waals surface area (Å²) in [6.07, 6.45) is -1.10. The first-order valence-corrected chi connectivity index (χ1v) is 9.92. The fourth-order valence-electron chi connectivity index (χ4n) is 2.33. The Morgan fingerprint density at radius 1 is 1.00 bits per heavy atom. The van der Waals surface area contributed by atoms with E-state index in [-0.39, 0.29) is 5.11 Å². The molecule has 2 aromatic rings. The number of halogens is 3. The van der Waals surface area contributed by atoms with Gasteiger partial charge < -0.3 is 25.4 Å². The van der Waals surface area contributed by atoms with Crippen molar-refractivity contribution in [3.8, 4) is 11.5 Å². The van der Waals surface area contributed by atoms with Gasteiger partial charge in [0.25, 0.3) is 5.91 Å². The van der Waals surface area contributed by atoms with Crippen molar-refractivity contribution in [2.75, 3.05) is 19.5 Å². The molecule has 0 aliphatic rings. The minimum Gasteiger partial charge on any atom is -0.493 e. The second kappa shape index (κ2) is 10.2. The Kier molecular flexibility index (Phi) is 8.22. The number of methoxy groups -OCH3 is 2. The first-order valence-electron chi connectivity index (χ1n) is 8.38. The van der Waals surface area contributed by atoms with Crippen LogP contribution in [-0.2, 0) is 0 Å². The topological polar surface area (TPSA) is 71.6 Å². The third kappa shape index (κ3) is 6.82. The molecule has 0 saturated carbocycles. The Hall–Kier alpha value is -1.93. The van der Waals surface area contributed by atoms with Crippen molar-refractivity contribution < 1.29 is 14.3 Å². The van der Waals surface area contributed by atoms with E-state index >= 15 is 0 Å². The lowest BCUT2D eigenvalue weighted by atomic mass is 10.2. The standard InChI is InChI=1S/C19H20Cl3N3O3S/c1-11-4-7-13(8-5-11)23-18(29)25-17(19(20,21)22)24-16(26)12-6-9-14(27-2)15(10-12)28-3/h4-10,17H,1-3H3,(H,24,26)(H2,23,25,29)/t17-/m0/s1. The zero-order chi connectivity index (χ0) is 21.6. The summed E-state index contributed by atoms with van der Waals surface area (Å²) in [5.74, 6) is 0.395. The summed E-state index contributed by atoms with van der Waals surface area (Å²) in [7, 11) is 2.97. The number of thiocarbonyl (C=S) groups is 1. The van der Waals surface area contributed by atoms with E-state index in [2.05, 4.69) is 16.0 Å². The molecule has 0 aromatic heterocycles. The van der Waals surface area contributed by atoms with E-state index in [1.165, 1.54) is 20.3 Å². The van der Waals surface area contributed by atoms with E-state index in [9.17, 15) is 4.79 Å². The molecule has 156 valence electrons. The van der Waals surface area contributed by atoms with E-state index in [4.69, 9.17) is 56.5 Å². The van der Waals surface area contributed by atoms with Crippen molar-refractivity contribution in [3.05, 3.63) is 53.6 Å². The highest BCUT2D eigenvalue weighted by molar-refractivity contribution is 7.80. The Bertz CT molecular complexity index is 873. The van der Waals surface area contributed by atoms with Gasteiger partial charge in [0.2, 0.25) is 3.79 Å².